The number of aromatic nitrogens is 1. The smallest absolute Gasteiger partial charge is 0.125 e. The maximum Gasteiger partial charge on any atom is 0.125 e. The third kappa shape index (κ3) is 2.66. The van der Waals surface area contributed by atoms with E-state index >= 15 is 0 Å². The van der Waals surface area contributed by atoms with E-state index < -0.39 is 0 Å². The van der Waals surface area contributed by atoms with Crippen LogP contribution in [0.15, 0.2) is 12.3 Å². The van der Waals surface area contributed by atoms with Crippen LogP contribution in [0.25, 0.3) is 0 Å². The molecule has 1 atom stereocenters. The second-order valence-corrected chi connectivity index (χ2v) is 5.52. The molecule has 1 aromatic rings. The average Bonchev–Trinajstić information content (AvgIpc) is 2.38. The first-order valence-electron chi connectivity index (χ1n) is 7.03. The van der Waals surface area contributed by atoms with Crippen LogP contribution in [0, 0.1) is 6.92 Å². The second kappa shape index (κ2) is 5.70. The van der Waals surface area contributed by atoms with Crippen LogP contribution in [0.3, 0.4) is 0 Å². The number of hydrogen-bond donors (Lipinski definition) is 1. The summed E-state index contributed by atoms with van der Waals surface area (Å²) in [7, 11) is 1.92. The summed E-state index contributed by atoms with van der Waals surface area (Å²) >= 11 is 0. The van der Waals surface area contributed by atoms with Crippen LogP contribution < -0.4 is 5.32 Å². The van der Waals surface area contributed by atoms with Crippen molar-refractivity contribution in [3.05, 3.63) is 23.4 Å². The number of anilines is 1. The van der Waals surface area contributed by atoms with Crippen molar-refractivity contribution in [3.8, 4) is 0 Å². The van der Waals surface area contributed by atoms with Gasteiger partial charge in [0.15, 0.2) is 0 Å². The van der Waals surface area contributed by atoms with Gasteiger partial charge in [-0.3, -0.25) is 4.90 Å². The Morgan fingerprint density at radius 2 is 2.17 bits per heavy atom. The standard InChI is InChI=1S/C15H25N3/c1-11(2)18-8-6-5-7-14(18)13-10-17-15(16-4)9-12(13)3/h9-11,14H,5-8H2,1-4H3,(H,16,17). The van der Waals surface area contributed by atoms with Gasteiger partial charge in [-0.1, -0.05) is 6.42 Å². The van der Waals surface area contributed by atoms with E-state index in [-0.39, 0.29) is 0 Å². The molecule has 1 N–H and O–H groups in total. The number of hydrogen-bond acceptors (Lipinski definition) is 3. The van der Waals surface area contributed by atoms with E-state index in [1.54, 1.807) is 0 Å². The molecule has 1 aromatic heterocycles. The molecule has 1 unspecified atom stereocenters. The highest BCUT2D eigenvalue weighted by Gasteiger charge is 2.27. The SMILES string of the molecule is CNc1cc(C)c(C2CCCCN2C(C)C)cn1. The number of aryl methyl sites for hydroxylation is 1. The molecule has 0 aromatic carbocycles. The van der Waals surface area contributed by atoms with Gasteiger partial charge in [0, 0.05) is 25.3 Å². The molecule has 1 fully saturated rings. The summed E-state index contributed by atoms with van der Waals surface area (Å²) < 4.78 is 0. The van der Waals surface area contributed by atoms with Gasteiger partial charge in [-0.05, 0) is 57.4 Å². The third-order valence-electron chi connectivity index (χ3n) is 3.97. The highest BCUT2D eigenvalue weighted by Crippen LogP contribution is 2.34. The Morgan fingerprint density at radius 1 is 1.39 bits per heavy atom. The zero-order chi connectivity index (χ0) is 13.1. The van der Waals surface area contributed by atoms with Gasteiger partial charge in [0.25, 0.3) is 0 Å². The Morgan fingerprint density at radius 3 is 2.78 bits per heavy atom. The number of piperidine rings is 1. The average molecular weight is 247 g/mol. The molecular formula is C15H25N3. The molecule has 0 aliphatic carbocycles. The third-order valence-corrected chi connectivity index (χ3v) is 3.97. The fourth-order valence-electron chi connectivity index (χ4n) is 2.96. The summed E-state index contributed by atoms with van der Waals surface area (Å²) in [6.07, 6.45) is 5.99. The van der Waals surface area contributed by atoms with Crippen LogP contribution in [-0.4, -0.2) is 29.5 Å². The predicted molar refractivity (Wildman–Crippen MR) is 77.0 cm³/mol. The van der Waals surface area contributed by atoms with Gasteiger partial charge in [-0.25, -0.2) is 4.98 Å². The first-order chi connectivity index (χ1) is 8.63. The highest BCUT2D eigenvalue weighted by atomic mass is 15.2. The van der Waals surface area contributed by atoms with E-state index in [0.29, 0.717) is 12.1 Å². The topological polar surface area (TPSA) is 28.2 Å². The van der Waals surface area contributed by atoms with E-state index in [1.165, 1.54) is 36.9 Å². The van der Waals surface area contributed by atoms with E-state index in [2.05, 4.69) is 48.2 Å². The Bertz CT molecular complexity index is 401. The largest absolute Gasteiger partial charge is 0.373 e. The fourth-order valence-corrected chi connectivity index (χ4v) is 2.96. The normalized spacial score (nSPS) is 21.3. The molecule has 2 heterocycles. The Hall–Kier alpha value is -1.09. The van der Waals surface area contributed by atoms with E-state index in [0.717, 1.165) is 5.82 Å². The molecule has 3 nitrogen and oxygen atoms in total. The van der Waals surface area contributed by atoms with Crippen LogP contribution in [0.5, 0.6) is 0 Å². The Balaban J connectivity index is 2.28. The second-order valence-electron chi connectivity index (χ2n) is 5.52. The molecule has 0 bridgehead atoms. The molecule has 0 amide bonds. The van der Waals surface area contributed by atoms with Crippen molar-refractivity contribution in [2.24, 2.45) is 0 Å². The highest BCUT2D eigenvalue weighted by molar-refractivity contribution is 5.41. The van der Waals surface area contributed by atoms with Gasteiger partial charge in [0.1, 0.15) is 5.82 Å². The number of rotatable bonds is 3. The zero-order valence-corrected chi connectivity index (χ0v) is 12.0. The summed E-state index contributed by atoms with van der Waals surface area (Å²) in [6.45, 7) is 8.01. The Kier molecular flexibility index (Phi) is 4.23. The van der Waals surface area contributed by atoms with Crippen LogP contribution in [0.2, 0.25) is 0 Å². The summed E-state index contributed by atoms with van der Waals surface area (Å²) in [5.41, 5.74) is 2.76. The lowest BCUT2D eigenvalue weighted by molar-refractivity contribution is 0.111. The lowest BCUT2D eigenvalue weighted by Crippen LogP contribution is -2.38. The van der Waals surface area contributed by atoms with Crippen LogP contribution in [0.4, 0.5) is 5.82 Å². The predicted octanol–water partition coefficient (Wildman–Crippen LogP) is 3.37. The summed E-state index contributed by atoms with van der Waals surface area (Å²) in [4.78, 5) is 7.11. The molecule has 0 spiro atoms. The van der Waals surface area contributed by atoms with Crippen LogP contribution >= 0.6 is 0 Å². The number of likely N-dealkylation sites (tertiary alicyclic amines) is 1. The maximum absolute atomic E-state index is 4.49. The van der Waals surface area contributed by atoms with Crippen LogP contribution in [-0.2, 0) is 0 Å². The lowest BCUT2D eigenvalue weighted by atomic mass is 9.92. The zero-order valence-electron chi connectivity index (χ0n) is 12.0. The van der Waals surface area contributed by atoms with E-state index in [9.17, 15) is 0 Å². The molecule has 1 aliphatic heterocycles. The fraction of sp³-hybridized carbons (Fsp3) is 0.667. The monoisotopic (exact) mass is 247 g/mol. The van der Waals surface area contributed by atoms with E-state index in [1.807, 2.05) is 7.05 Å². The minimum Gasteiger partial charge on any atom is -0.373 e. The molecule has 2 rings (SSSR count). The van der Waals surface area contributed by atoms with Gasteiger partial charge in [0.2, 0.25) is 0 Å². The minimum absolute atomic E-state index is 0.553. The van der Waals surface area contributed by atoms with Crippen molar-refractivity contribution in [2.45, 2.75) is 52.1 Å². The van der Waals surface area contributed by atoms with Crippen molar-refractivity contribution < 1.29 is 0 Å². The van der Waals surface area contributed by atoms with Gasteiger partial charge >= 0.3 is 0 Å². The molecular weight excluding hydrogens is 222 g/mol. The molecule has 1 saturated heterocycles. The number of nitrogens with one attached hydrogen (secondary N) is 1. The van der Waals surface area contributed by atoms with Gasteiger partial charge in [-0.15, -0.1) is 0 Å². The first kappa shape index (κ1) is 13.3. The quantitative estimate of drug-likeness (QED) is 0.887. The molecule has 18 heavy (non-hydrogen) atoms. The molecule has 0 saturated carbocycles. The molecule has 100 valence electrons. The van der Waals surface area contributed by atoms with Gasteiger partial charge in [-0.2, -0.15) is 0 Å². The van der Waals surface area contributed by atoms with Crippen molar-refractivity contribution >= 4 is 5.82 Å². The van der Waals surface area contributed by atoms with E-state index in [4.69, 9.17) is 0 Å². The molecule has 1 aliphatic rings. The summed E-state index contributed by atoms with van der Waals surface area (Å²) in [5.74, 6) is 0.961. The summed E-state index contributed by atoms with van der Waals surface area (Å²) in [5, 5.41) is 3.11. The van der Waals surface area contributed by atoms with Gasteiger partial charge < -0.3 is 5.32 Å². The maximum atomic E-state index is 4.49. The number of nitrogens with zero attached hydrogens (tertiary/aromatic N) is 2. The summed E-state index contributed by atoms with van der Waals surface area (Å²) in [6, 6.07) is 3.32. The molecule has 0 radical (unpaired) electrons. The van der Waals surface area contributed by atoms with Crippen molar-refractivity contribution in [2.75, 3.05) is 18.9 Å². The first-order valence-corrected chi connectivity index (χ1v) is 7.03. The lowest BCUT2D eigenvalue weighted by Gasteiger charge is -2.39. The van der Waals surface area contributed by atoms with Crippen molar-refractivity contribution in [1.82, 2.24) is 9.88 Å². The van der Waals surface area contributed by atoms with Crippen molar-refractivity contribution in [3.63, 3.8) is 0 Å². The minimum atomic E-state index is 0.553. The van der Waals surface area contributed by atoms with Crippen LogP contribution in [0.1, 0.15) is 50.3 Å². The van der Waals surface area contributed by atoms with Crippen molar-refractivity contribution in [1.29, 1.82) is 0 Å². The Labute approximate surface area is 111 Å². The molecule has 3 heteroatoms. The number of pyridine rings is 1. The van der Waals surface area contributed by atoms with Gasteiger partial charge in [0.05, 0.1) is 0 Å².